The molecule has 1 aliphatic carbocycles. The van der Waals surface area contributed by atoms with E-state index in [0.717, 1.165) is 56.1 Å². The van der Waals surface area contributed by atoms with E-state index in [1.165, 1.54) is 0 Å². The molecule has 2 aliphatic heterocycles. The maximum Gasteiger partial charge on any atom is 0.238 e. The Balaban J connectivity index is 1.31. The highest BCUT2D eigenvalue weighted by Crippen LogP contribution is 2.41. The van der Waals surface area contributed by atoms with Gasteiger partial charge in [-0.2, -0.15) is 4.31 Å². The number of hydrogen-bond donors (Lipinski definition) is 3. The molecule has 278 valence electrons. The smallest absolute Gasteiger partial charge is 0.238 e. The van der Waals surface area contributed by atoms with Gasteiger partial charge >= 0.3 is 0 Å². The molecule has 3 N–H and O–H groups in total. The van der Waals surface area contributed by atoms with Crippen molar-refractivity contribution >= 4 is 27.5 Å². The van der Waals surface area contributed by atoms with Crippen LogP contribution in [0.25, 0.3) is 0 Å². The lowest BCUT2D eigenvalue weighted by molar-refractivity contribution is -0.126. The minimum atomic E-state index is -3.29. The van der Waals surface area contributed by atoms with Gasteiger partial charge in [0.25, 0.3) is 0 Å². The standard InChI is InChI=1S/C39H59ClN4O5S/c1-5-50(46,47)44-26-28(2)42-25-34(44)19-16-30-12-9-13-35(30)43-38(45)37(41-21-23-48-27-29-10-7-6-8-11-29)36(31-14-17-33(40)18-15-31)32-20-22-49-39(3,4)24-32/h6-8,10-11,14-15,17-18,28,30,32,34-37,41-42H,5,9,12-13,16,19-27H2,1-4H3,(H,43,45)/t28-,30-,32?,34+,35+,36+,37+/m1/s1. The third-order valence-electron chi connectivity index (χ3n) is 11.0. The highest BCUT2D eigenvalue weighted by Gasteiger charge is 2.42. The summed E-state index contributed by atoms with van der Waals surface area (Å²) in [5.41, 5.74) is 1.93. The molecule has 50 heavy (non-hydrogen) atoms. The zero-order valence-corrected chi connectivity index (χ0v) is 32.0. The summed E-state index contributed by atoms with van der Waals surface area (Å²) in [6.07, 6.45) is 6.37. The Hall–Kier alpha value is -2.05. The number of ether oxygens (including phenoxy) is 2. The second-order valence-electron chi connectivity index (χ2n) is 15.2. The maximum absolute atomic E-state index is 14.6. The summed E-state index contributed by atoms with van der Waals surface area (Å²) < 4.78 is 39.8. The van der Waals surface area contributed by atoms with E-state index in [1.807, 2.05) is 37.3 Å². The molecule has 0 spiro atoms. The van der Waals surface area contributed by atoms with Crippen LogP contribution < -0.4 is 16.0 Å². The molecule has 2 heterocycles. The van der Waals surface area contributed by atoms with Crippen LogP contribution in [0, 0.1) is 11.8 Å². The second kappa shape index (κ2) is 18.1. The zero-order chi connectivity index (χ0) is 35.7. The van der Waals surface area contributed by atoms with Gasteiger partial charge in [0, 0.05) is 55.3 Å². The Morgan fingerprint density at radius 2 is 1.86 bits per heavy atom. The fraction of sp³-hybridized carbons (Fsp3) is 0.667. The van der Waals surface area contributed by atoms with E-state index in [1.54, 1.807) is 11.2 Å². The SMILES string of the molecule is CCS(=O)(=O)N1C[C@@H](C)NC[C@@H]1CC[C@H]1CCC[C@@H]1NC(=O)[C@@H](NCCOCc1ccccc1)[C@@H](c1ccc(Cl)cc1)C1CCOC(C)(C)C1. The van der Waals surface area contributed by atoms with Gasteiger partial charge in [0.15, 0.2) is 0 Å². The Kier molecular flexibility index (Phi) is 14.2. The van der Waals surface area contributed by atoms with Gasteiger partial charge in [-0.25, -0.2) is 8.42 Å². The summed E-state index contributed by atoms with van der Waals surface area (Å²) in [6, 6.07) is 17.7. The van der Waals surface area contributed by atoms with Crippen LogP contribution >= 0.6 is 11.6 Å². The van der Waals surface area contributed by atoms with E-state index in [-0.39, 0.29) is 47.2 Å². The maximum atomic E-state index is 14.6. The van der Waals surface area contributed by atoms with Crippen molar-refractivity contribution in [2.24, 2.45) is 11.8 Å². The van der Waals surface area contributed by atoms with Crippen LogP contribution in [-0.2, 0) is 30.9 Å². The number of benzene rings is 2. The average Bonchev–Trinajstić information content (AvgIpc) is 3.54. The monoisotopic (exact) mass is 730 g/mol. The minimum absolute atomic E-state index is 0.0116. The number of nitrogens with zero attached hydrogens (tertiary/aromatic N) is 1. The fourth-order valence-corrected chi connectivity index (χ4v) is 9.91. The molecule has 2 saturated heterocycles. The van der Waals surface area contributed by atoms with E-state index >= 15 is 0 Å². The Bertz CT molecular complexity index is 1460. The normalized spacial score (nSPS) is 27.1. The quantitative estimate of drug-likeness (QED) is 0.185. The molecule has 2 aromatic rings. The lowest BCUT2D eigenvalue weighted by Gasteiger charge is -2.42. The summed E-state index contributed by atoms with van der Waals surface area (Å²) in [4.78, 5) is 14.6. The molecule has 3 aliphatic rings. The van der Waals surface area contributed by atoms with E-state index in [0.29, 0.717) is 50.4 Å². The van der Waals surface area contributed by atoms with Crippen LogP contribution in [0.1, 0.15) is 89.7 Å². The molecule has 7 atom stereocenters. The minimum Gasteiger partial charge on any atom is -0.376 e. The van der Waals surface area contributed by atoms with Gasteiger partial charge in [0.1, 0.15) is 0 Å². The van der Waals surface area contributed by atoms with E-state index < -0.39 is 16.1 Å². The predicted octanol–water partition coefficient (Wildman–Crippen LogP) is 5.88. The number of rotatable bonds is 16. The van der Waals surface area contributed by atoms with Crippen molar-refractivity contribution in [1.82, 2.24) is 20.3 Å². The molecule has 2 aromatic carbocycles. The summed E-state index contributed by atoms with van der Waals surface area (Å²) in [7, 11) is -3.29. The lowest BCUT2D eigenvalue weighted by Crippen LogP contribution is -2.57. The van der Waals surface area contributed by atoms with Gasteiger partial charge < -0.3 is 25.4 Å². The number of carbonyl (C=O) groups excluding carboxylic acids is 1. The molecule has 1 saturated carbocycles. The first-order valence-corrected chi connectivity index (χ1v) is 20.7. The fourth-order valence-electron chi connectivity index (χ4n) is 8.37. The van der Waals surface area contributed by atoms with Crippen LogP contribution in [-0.4, -0.2) is 87.0 Å². The number of amides is 1. The van der Waals surface area contributed by atoms with Crippen LogP contribution in [0.3, 0.4) is 0 Å². The topological polar surface area (TPSA) is 109 Å². The molecule has 0 radical (unpaired) electrons. The molecular weight excluding hydrogens is 672 g/mol. The highest BCUT2D eigenvalue weighted by atomic mass is 35.5. The van der Waals surface area contributed by atoms with Gasteiger partial charge in [-0.3, -0.25) is 4.79 Å². The van der Waals surface area contributed by atoms with E-state index in [4.69, 9.17) is 21.1 Å². The zero-order valence-electron chi connectivity index (χ0n) is 30.4. The third kappa shape index (κ3) is 10.7. The van der Waals surface area contributed by atoms with E-state index in [2.05, 4.69) is 54.1 Å². The largest absolute Gasteiger partial charge is 0.376 e. The molecule has 5 rings (SSSR count). The number of halogens is 1. The lowest BCUT2D eigenvalue weighted by atomic mass is 9.73. The first-order valence-electron chi connectivity index (χ1n) is 18.7. The summed E-state index contributed by atoms with van der Waals surface area (Å²) in [6.45, 7) is 11.4. The van der Waals surface area contributed by atoms with Crippen molar-refractivity contribution in [2.75, 3.05) is 38.6 Å². The van der Waals surface area contributed by atoms with Crippen molar-refractivity contribution in [3.8, 4) is 0 Å². The van der Waals surface area contributed by atoms with Crippen molar-refractivity contribution in [2.45, 2.75) is 115 Å². The molecular formula is C39H59ClN4O5S. The van der Waals surface area contributed by atoms with Crippen LogP contribution in [0.15, 0.2) is 54.6 Å². The molecule has 11 heteroatoms. The molecule has 1 amide bonds. The Morgan fingerprint density at radius 1 is 1.10 bits per heavy atom. The van der Waals surface area contributed by atoms with Crippen molar-refractivity contribution in [3.63, 3.8) is 0 Å². The van der Waals surface area contributed by atoms with Gasteiger partial charge in [0.05, 0.1) is 30.6 Å². The van der Waals surface area contributed by atoms with Crippen LogP contribution in [0.2, 0.25) is 5.02 Å². The van der Waals surface area contributed by atoms with Gasteiger partial charge in [-0.15, -0.1) is 0 Å². The Labute approximate surface area is 305 Å². The third-order valence-corrected chi connectivity index (χ3v) is 13.1. The number of nitrogens with one attached hydrogen (secondary N) is 3. The molecule has 0 aromatic heterocycles. The van der Waals surface area contributed by atoms with Crippen molar-refractivity contribution in [1.29, 1.82) is 0 Å². The summed E-state index contributed by atoms with van der Waals surface area (Å²) in [5.74, 6) is 0.559. The summed E-state index contributed by atoms with van der Waals surface area (Å²) >= 11 is 6.35. The van der Waals surface area contributed by atoms with Crippen LogP contribution in [0.4, 0.5) is 0 Å². The van der Waals surface area contributed by atoms with Crippen molar-refractivity contribution in [3.05, 3.63) is 70.7 Å². The predicted molar refractivity (Wildman–Crippen MR) is 201 cm³/mol. The number of sulfonamides is 1. The highest BCUT2D eigenvalue weighted by molar-refractivity contribution is 7.89. The molecule has 0 bridgehead atoms. The summed E-state index contributed by atoms with van der Waals surface area (Å²) in [5, 5.41) is 11.3. The Morgan fingerprint density at radius 3 is 2.58 bits per heavy atom. The average molecular weight is 731 g/mol. The van der Waals surface area contributed by atoms with Gasteiger partial charge in [-0.1, -0.05) is 60.5 Å². The number of piperazine rings is 1. The van der Waals surface area contributed by atoms with Gasteiger partial charge in [0.2, 0.25) is 15.9 Å². The molecule has 3 fully saturated rings. The van der Waals surface area contributed by atoms with Gasteiger partial charge in [-0.05, 0) is 101 Å². The second-order valence-corrected chi connectivity index (χ2v) is 17.9. The first kappa shape index (κ1) is 39.2. The molecule has 9 nitrogen and oxygen atoms in total. The van der Waals surface area contributed by atoms with Crippen LogP contribution in [0.5, 0.6) is 0 Å². The van der Waals surface area contributed by atoms with E-state index in [9.17, 15) is 13.2 Å². The molecule has 1 unspecified atom stereocenters. The first-order chi connectivity index (χ1) is 24.0. The number of hydrogen-bond acceptors (Lipinski definition) is 7. The number of carbonyl (C=O) groups is 1. The van der Waals surface area contributed by atoms with Crippen molar-refractivity contribution < 1.29 is 22.7 Å².